The summed E-state index contributed by atoms with van der Waals surface area (Å²) < 4.78 is 6.37. The molecular weight excluding hydrogens is 398 g/mol. The number of benzene rings is 2. The van der Waals surface area contributed by atoms with E-state index in [0.29, 0.717) is 17.4 Å². The van der Waals surface area contributed by atoms with Gasteiger partial charge in [0.25, 0.3) is 5.91 Å². The summed E-state index contributed by atoms with van der Waals surface area (Å²) in [7, 11) is 1.59. The largest absolute Gasteiger partial charge is 0.497 e. The average Bonchev–Trinajstić information content (AvgIpc) is 3.34. The van der Waals surface area contributed by atoms with Crippen LogP contribution in [-0.2, 0) is 9.59 Å². The van der Waals surface area contributed by atoms with Crippen molar-refractivity contribution in [2.45, 2.75) is 31.2 Å². The van der Waals surface area contributed by atoms with Gasteiger partial charge in [0.2, 0.25) is 5.91 Å². The van der Waals surface area contributed by atoms with Crippen molar-refractivity contribution >= 4 is 39.1 Å². The summed E-state index contributed by atoms with van der Waals surface area (Å²) in [5, 5.41) is 1.13. The number of carbonyl (C=O) groups excluding carboxylic acids is 2. The number of imide groups is 1. The number of carbonyl (C=O) groups is 2. The van der Waals surface area contributed by atoms with Crippen molar-refractivity contribution in [1.82, 2.24) is 9.88 Å². The fraction of sp³-hybridized carbons (Fsp3) is 0.348. The summed E-state index contributed by atoms with van der Waals surface area (Å²) >= 11 is 1.74. The standard InChI is InChI=1S/C23H23N3O3S/c1-29-17-10-8-16(9-11-17)26-21(27)13-19(23(26)28)25-12-4-5-15(14-25)22-24-18-6-2-3-7-20(18)30-22/h2-3,6-11,15,19H,4-5,12-14H2,1H3/t15-,19-/m1/s1. The molecule has 2 fully saturated rings. The lowest BCUT2D eigenvalue weighted by molar-refractivity contribution is -0.123. The fourth-order valence-electron chi connectivity index (χ4n) is 4.46. The normalized spacial score (nSPS) is 22.8. The second-order valence-electron chi connectivity index (χ2n) is 7.84. The van der Waals surface area contributed by atoms with Crippen LogP contribution in [0.3, 0.4) is 0 Å². The second-order valence-corrected chi connectivity index (χ2v) is 8.90. The number of aromatic nitrogens is 1. The molecule has 30 heavy (non-hydrogen) atoms. The van der Waals surface area contributed by atoms with Gasteiger partial charge in [-0.15, -0.1) is 11.3 Å². The number of anilines is 1. The van der Waals surface area contributed by atoms with Crippen LogP contribution in [0.5, 0.6) is 5.75 Å². The van der Waals surface area contributed by atoms with Gasteiger partial charge in [0, 0.05) is 12.5 Å². The highest BCUT2D eigenvalue weighted by atomic mass is 32.1. The third kappa shape index (κ3) is 3.38. The maximum absolute atomic E-state index is 13.2. The van der Waals surface area contributed by atoms with Gasteiger partial charge in [-0.05, 0) is 55.8 Å². The highest BCUT2D eigenvalue weighted by molar-refractivity contribution is 7.18. The van der Waals surface area contributed by atoms with E-state index in [1.807, 2.05) is 18.2 Å². The van der Waals surface area contributed by atoms with Gasteiger partial charge in [0.1, 0.15) is 5.75 Å². The van der Waals surface area contributed by atoms with Crippen LogP contribution >= 0.6 is 11.3 Å². The van der Waals surface area contributed by atoms with E-state index in [4.69, 9.17) is 9.72 Å². The maximum atomic E-state index is 13.2. The van der Waals surface area contributed by atoms with Crippen LogP contribution < -0.4 is 9.64 Å². The molecule has 0 unspecified atom stereocenters. The lowest BCUT2D eigenvalue weighted by Gasteiger charge is -2.34. The molecule has 3 aromatic rings. The number of amides is 2. The molecule has 2 amide bonds. The number of para-hydroxylation sites is 1. The summed E-state index contributed by atoms with van der Waals surface area (Å²) in [6.45, 7) is 1.60. The van der Waals surface area contributed by atoms with E-state index in [2.05, 4.69) is 11.0 Å². The van der Waals surface area contributed by atoms with Crippen LogP contribution in [0.1, 0.15) is 30.2 Å². The predicted octanol–water partition coefficient (Wildman–Crippen LogP) is 3.82. The molecule has 0 aliphatic carbocycles. The van der Waals surface area contributed by atoms with Crippen molar-refractivity contribution in [1.29, 1.82) is 0 Å². The average molecular weight is 422 g/mol. The monoisotopic (exact) mass is 421 g/mol. The molecule has 2 aromatic carbocycles. The van der Waals surface area contributed by atoms with E-state index in [-0.39, 0.29) is 18.2 Å². The number of hydrogen-bond donors (Lipinski definition) is 0. The van der Waals surface area contributed by atoms with E-state index in [1.165, 1.54) is 9.60 Å². The molecule has 2 aliphatic rings. The Hall–Kier alpha value is -2.77. The fourth-order valence-corrected chi connectivity index (χ4v) is 5.55. The molecule has 2 atom stereocenters. The Morgan fingerprint density at radius 3 is 2.67 bits per heavy atom. The van der Waals surface area contributed by atoms with E-state index in [0.717, 1.165) is 36.5 Å². The molecule has 0 spiro atoms. The quantitative estimate of drug-likeness (QED) is 0.600. The van der Waals surface area contributed by atoms with E-state index in [1.54, 1.807) is 42.7 Å². The van der Waals surface area contributed by atoms with Crippen molar-refractivity contribution in [3.05, 3.63) is 53.5 Å². The van der Waals surface area contributed by atoms with Crippen molar-refractivity contribution in [3.63, 3.8) is 0 Å². The summed E-state index contributed by atoms with van der Waals surface area (Å²) in [5.74, 6) is 0.727. The Kier molecular flexibility index (Phi) is 5.00. The number of fused-ring (bicyclic) bond motifs is 1. The number of methoxy groups -OCH3 is 1. The zero-order chi connectivity index (χ0) is 20.7. The Morgan fingerprint density at radius 2 is 1.90 bits per heavy atom. The number of rotatable bonds is 4. The van der Waals surface area contributed by atoms with Gasteiger partial charge in [-0.3, -0.25) is 14.5 Å². The molecule has 2 aliphatic heterocycles. The third-order valence-corrected chi connectivity index (χ3v) is 7.21. The van der Waals surface area contributed by atoms with Gasteiger partial charge < -0.3 is 4.74 Å². The number of thiazole rings is 1. The third-order valence-electron chi connectivity index (χ3n) is 6.01. The Labute approximate surface area is 179 Å². The molecule has 0 N–H and O–H groups in total. The molecule has 2 saturated heterocycles. The van der Waals surface area contributed by atoms with Crippen molar-refractivity contribution in [3.8, 4) is 5.75 Å². The van der Waals surface area contributed by atoms with Crippen LogP contribution in [0.25, 0.3) is 10.2 Å². The number of likely N-dealkylation sites (tertiary alicyclic amines) is 1. The van der Waals surface area contributed by atoms with E-state index < -0.39 is 6.04 Å². The van der Waals surface area contributed by atoms with Gasteiger partial charge in [-0.1, -0.05) is 12.1 Å². The molecule has 154 valence electrons. The Balaban J connectivity index is 1.34. The Bertz CT molecular complexity index is 1060. The lowest BCUT2D eigenvalue weighted by atomic mass is 9.97. The molecule has 7 heteroatoms. The van der Waals surface area contributed by atoms with Crippen molar-refractivity contribution < 1.29 is 14.3 Å². The minimum Gasteiger partial charge on any atom is -0.497 e. The minimum atomic E-state index is -0.392. The van der Waals surface area contributed by atoms with Crippen LogP contribution in [0.2, 0.25) is 0 Å². The topological polar surface area (TPSA) is 62.7 Å². The zero-order valence-electron chi connectivity index (χ0n) is 16.8. The highest BCUT2D eigenvalue weighted by Crippen LogP contribution is 2.35. The number of nitrogens with zero attached hydrogens (tertiary/aromatic N) is 3. The van der Waals surface area contributed by atoms with Gasteiger partial charge in [-0.25, -0.2) is 9.88 Å². The van der Waals surface area contributed by atoms with Gasteiger partial charge in [-0.2, -0.15) is 0 Å². The van der Waals surface area contributed by atoms with Crippen LogP contribution in [0, 0.1) is 0 Å². The molecule has 0 saturated carbocycles. The molecule has 5 rings (SSSR count). The van der Waals surface area contributed by atoms with Crippen molar-refractivity contribution in [2.75, 3.05) is 25.1 Å². The minimum absolute atomic E-state index is 0.130. The highest BCUT2D eigenvalue weighted by Gasteiger charge is 2.44. The first kappa shape index (κ1) is 19.2. The lowest BCUT2D eigenvalue weighted by Crippen LogP contribution is -2.46. The SMILES string of the molecule is COc1ccc(N2C(=O)C[C@@H](N3CCC[C@@H](c4nc5ccccc5s4)C3)C2=O)cc1. The second kappa shape index (κ2) is 7.81. The van der Waals surface area contributed by atoms with Gasteiger partial charge >= 0.3 is 0 Å². The summed E-state index contributed by atoms with van der Waals surface area (Å²) in [4.78, 5) is 34.2. The summed E-state index contributed by atoms with van der Waals surface area (Å²) in [6, 6.07) is 14.9. The molecule has 0 radical (unpaired) electrons. The number of hydrogen-bond acceptors (Lipinski definition) is 6. The first-order chi connectivity index (χ1) is 14.6. The maximum Gasteiger partial charge on any atom is 0.251 e. The van der Waals surface area contributed by atoms with Crippen LogP contribution in [-0.4, -0.2) is 47.9 Å². The predicted molar refractivity (Wildman–Crippen MR) is 117 cm³/mol. The summed E-state index contributed by atoms with van der Waals surface area (Å²) in [6.07, 6.45) is 2.30. The molecule has 3 heterocycles. The van der Waals surface area contributed by atoms with Crippen LogP contribution in [0.15, 0.2) is 48.5 Å². The molecular formula is C23H23N3O3S. The molecule has 6 nitrogen and oxygen atoms in total. The van der Waals surface area contributed by atoms with Gasteiger partial charge in [0.15, 0.2) is 0 Å². The zero-order valence-corrected chi connectivity index (χ0v) is 17.6. The number of ether oxygens (including phenoxy) is 1. The molecule has 1 aromatic heterocycles. The Morgan fingerprint density at radius 1 is 1.10 bits per heavy atom. The number of piperidine rings is 1. The summed E-state index contributed by atoms with van der Waals surface area (Å²) in [5.41, 5.74) is 1.64. The smallest absolute Gasteiger partial charge is 0.251 e. The van der Waals surface area contributed by atoms with E-state index in [9.17, 15) is 9.59 Å². The molecule has 0 bridgehead atoms. The van der Waals surface area contributed by atoms with E-state index >= 15 is 0 Å². The first-order valence-corrected chi connectivity index (χ1v) is 11.1. The first-order valence-electron chi connectivity index (χ1n) is 10.2. The van der Waals surface area contributed by atoms with Gasteiger partial charge in [0.05, 0.1) is 40.5 Å². The van der Waals surface area contributed by atoms with Crippen molar-refractivity contribution in [2.24, 2.45) is 0 Å². The van der Waals surface area contributed by atoms with Crippen LogP contribution in [0.4, 0.5) is 5.69 Å².